The zero-order valence-corrected chi connectivity index (χ0v) is 15.8. The number of likely N-dealkylation sites (tertiary alicyclic amines) is 1. The maximum Gasteiger partial charge on any atom is 0.289 e. The fraction of sp³-hybridized carbons (Fsp3) is 0.526. The van der Waals surface area contributed by atoms with Crippen molar-refractivity contribution in [3.8, 4) is 0 Å². The molecule has 7 heteroatoms. The minimum Gasteiger partial charge on any atom is -0.451 e. The number of furan rings is 1. The summed E-state index contributed by atoms with van der Waals surface area (Å²) in [7, 11) is -3.51. The highest BCUT2D eigenvalue weighted by Gasteiger charge is 2.29. The monoisotopic (exact) mass is 376 g/mol. The van der Waals surface area contributed by atoms with Crippen molar-refractivity contribution in [2.45, 2.75) is 37.5 Å². The van der Waals surface area contributed by atoms with E-state index in [1.54, 1.807) is 33.5 Å². The lowest BCUT2D eigenvalue weighted by Gasteiger charge is -2.29. The molecule has 2 saturated heterocycles. The maximum absolute atomic E-state index is 12.9. The number of nitrogens with zero attached hydrogens (tertiary/aromatic N) is 2. The van der Waals surface area contributed by atoms with Crippen LogP contribution in [0.4, 0.5) is 0 Å². The van der Waals surface area contributed by atoms with Gasteiger partial charge < -0.3 is 9.32 Å². The van der Waals surface area contributed by atoms with Crippen LogP contribution in [-0.4, -0.2) is 49.7 Å². The Labute approximate surface area is 153 Å². The maximum atomic E-state index is 12.9. The van der Waals surface area contributed by atoms with Gasteiger partial charge in [-0.15, -0.1) is 0 Å². The number of sulfonamides is 1. The van der Waals surface area contributed by atoms with E-state index in [-0.39, 0.29) is 16.6 Å². The van der Waals surface area contributed by atoms with E-state index >= 15 is 0 Å². The second-order valence-corrected chi connectivity index (χ2v) is 9.33. The van der Waals surface area contributed by atoms with E-state index in [0.29, 0.717) is 30.0 Å². The van der Waals surface area contributed by atoms with Gasteiger partial charge in [0.2, 0.25) is 10.0 Å². The van der Waals surface area contributed by atoms with Gasteiger partial charge in [-0.1, -0.05) is 6.92 Å². The van der Waals surface area contributed by atoms with Gasteiger partial charge in [-0.2, -0.15) is 4.31 Å². The molecule has 0 unspecified atom stereocenters. The summed E-state index contributed by atoms with van der Waals surface area (Å²) in [6.45, 7) is 4.78. The van der Waals surface area contributed by atoms with E-state index in [4.69, 9.17) is 4.42 Å². The van der Waals surface area contributed by atoms with Crippen LogP contribution in [0.1, 0.15) is 43.2 Å². The molecule has 140 valence electrons. The highest BCUT2D eigenvalue weighted by molar-refractivity contribution is 7.89. The van der Waals surface area contributed by atoms with Crippen LogP contribution in [0, 0.1) is 5.92 Å². The van der Waals surface area contributed by atoms with E-state index in [1.807, 2.05) is 0 Å². The van der Waals surface area contributed by atoms with Gasteiger partial charge in [0.05, 0.1) is 4.90 Å². The van der Waals surface area contributed by atoms with Gasteiger partial charge in [0.15, 0.2) is 5.76 Å². The summed E-state index contributed by atoms with van der Waals surface area (Å²) in [6, 6.07) is 6.50. The molecular formula is C19H24N2O4S. The molecule has 26 heavy (non-hydrogen) atoms. The highest BCUT2D eigenvalue weighted by atomic mass is 32.2. The number of hydrogen-bond acceptors (Lipinski definition) is 4. The fourth-order valence-corrected chi connectivity index (χ4v) is 5.24. The smallest absolute Gasteiger partial charge is 0.289 e. The number of carbonyl (C=O) groups is 1. The van der Waals surface area contributed by atoms with Crippen molar-refractivity contribution < 1.29 is 17.6 Å². The van der Waals surface area contributed by atoms with E-state index in [2.05, 4.69) is 6.92 Å². The van der Waals surface area contributed by atoms with Gasteiger partial charge in [-0.25, -0.2) is 8.42 Å². The van der Waals surface area contributed by atoms with Gasteiger partial charge >= 0.3 is 0 Å². The molecule has 0 atom stereocenters. The molecule has 2 aromatic rings. The van der Waals surface area contributed by atoms with Crippen LogP contribution >= 0.6 is 0 Å². The van der Waals surface area contributed by atoms with Crippen LogP contribution in [0.5, 0.6) is 0 Å². The first kappa shape index (κ1) is 17.5. The van der Waals surface area contributed by atoms with Crippen molar-refractivity contribution in [3.63, 3.8) is 0 Å². The molecular weight excluding hydrogens is 352 g/mol. The van der Waals surface area contributed by atoms with Gasteiger partial charge in [-0.3, -0.25) is 4.79 Å². The lowest BCUT2D eigenvalue weighted by molar-refractivity contribution is 0.0763. The zero-order chi connectivity index (χ0) is 18.3. The molecule has 0 bridgehead atoms. The lowest BCUT2D eigenvalue weighted by Crippen LogP contribution is -2.37. The van der Waals surface area contributed by atoms with Crippen LogP contribution in [-0.2, 0) is 10.0 Å². The van der Waals surface area contributed by atoms with Gasteiger partial charge in [0.25, 0.3) is 5.91 Å². The summed E-state index contributed by atoms with van der Waals surface area (Å²) in [6.07, 6.45) is 3.81. The number of fused-ring (bicyclic) bond motifs is 1. The molecule has 2 aliphatic heterocycles. The molecule has 3 heterocycles. The third-order valence-corrected chi connectivity index (χ3v) is 7.37. The summed E-state index contributed by atoms with van der Waals surface area (Å²) in [5.41, 5.74) is 0.541. The Morgan fingerprint density at radius 1 is 1.08 bits per heavy atom. The fourth-order valence-electron chi connectivity index (χ4n) is 3.74. The normalized spacial score (nSPS) is 20.1. The van der Waals surface area contributed by atoms with E-state index < -0.39 is 10.0 Å². The standard InChI is InChI=1S/C19H24N2O4S/c1-14-6-10-21(11-7-14)26(23,24)16-4-5-17-15(12-16)13-18(25-17)19(22)20-8-2-3-9-20/h4-5,12-14H,2-3,6-11H2,1H3. The minimum absolute atomic E-state index is 0.117. The number of hydrogen-bond donors (Lipinski definition) is 0. The van der Waals surface area contributed by atoms with Crippen molar-refractivity contribution in [2.24, 2.45) is 5.92 Å². The molecule has 2 fully saturated rings. The Bertz CT molecular complexity index is 920. The molecule has 6 nitrogen and oxygen atoms in total. The largest absolute Gasteiger partial charge is 0.451 e. The van der Waals surface area contributed by atoms with Crippen molar-refractivity contribution in [2.75, 3.05) is 26.2 Å². The predicted molar refractivity (Wildman–Crippen MR) is 98.5 cm³/mol. The number of benzene rings is 1. The summed E-state index contributed by atoms with van der Waals surface area (Å²) in [5, 5.41) is 0.652. The first-order valence-electron chi connectivity index (χ1n) is 9.28. The lowest BCUT2D eigenvalue weighted by atomic mass is 10.0. The summed E-state index contributed by atoms with van der Waals surface area (Å²) >= 11 is 0. The molecule has 1 aromatic carbocycles. The number of piperidine rings is 1. The second kappa shape index (κ2) is 6.70. The van der Waals surface area contributed by atoms with Crippen LogP contribution < -0.4 is 0 Å². The van der Waals surface area contributed by atoms with Gasteiger partial charge in [0.1, 0.15) is 5.58 Å². The Kier molecular flexibility index (Phi) is 4.52. The topological polar surface area (TPSA) is 70.8 Å². The Morgan fingerprint density at radius 3 is 2.46 bits per heavy atom. The van der Waals surface area contributed by atoms with Gasteiger partial charge in [-0.05, 0) is 55.9 Å². The molecule has 0 radical (unpaired) electrons. The molecule has 1 aromatic heterocycles. The van der Waals surface area contributed by atoms with Crippen LogP contribution in [0.2, 0.25) is 0 Å². The van der Waals surface area contributed by atoms with Crippen molar-refractivity contribution in [3.05, 3.63) is 30.0 Å². The zero-order valence-electron chi connectivity index (χ0n) is 15.0. The third-order valence-electron chi connectivity index (χ3n) is 5.47. The van der Waals surface area contributed by atoms with Crippen molar-refractivity contribution >= 4 is 26.9 Å². The van der Waals surface area contributed by atoms with Crippen LogP contribution in [0.25, 0.3) is 11.0 Å². The molecule has 0 spiro atoms. The molecule has 1 amide bonds. The SMILES string of the molecule is CC1CCN(S(=O)(=O)c2ccc3oc(C(=O)N4CCCC4)cc3c2)CC1. The third kappa shape index (κ3) is 3.14. The number of amides is 1. The molecule has 4 rings (SSSR count). The highest BCUT2D eigenvalue weighted by Crippen LogP contribution is 2.28. The number of carbonyl (C=O) groups excluding carboxylic acids is 1. The summed E-state index contributed by atoms with van der Waals surface area (Å²) in [5.74, 6) is 0.730. The Hall–Kier alpha value is -1.86. The molecule has 2 aliphatic rings. The second-order valence-electron chi connectivity index (χ2n) is 7.40. The van der Waals surface area contributed by atoms with Crippen LogP contribution in [0.15, 0.2) is 33.6 Å². The van der Waals surface area contributed by atoms with Crippen molar-refractivity contribution in [1.82, 2.24) is 9.21 Å². The van der Waals surface area contributed by atoms with E-state index in [9.17, 15) is 13.2 Å². The Balaban J connectivity index is 1.62. The average Bonchev–Trinajstić information content (AvgIpc) is 3.30. The molecule has 0 saturated carbocycles. The first-order valence-corrected chi connectivity index (χ1v) is 10.7. The summed E-state index contributed by atoms with van der Waals surface area (Å²) in [4.78, 5) is 14.5. The van der Waals surface area contributed by atoms with Crippen LogP contribution in [0.3, 0.4) is 0 Å². The summed E-state index contributed by atoms with van der Waals surface area (Å²) < 4.78 is 33.0. The van der Waals surface area contributed by atoms with Gasteiger partial charge in [0, 0.05) is 31.6 Å². The molecule has 0 aliphatic carbocycles. The average molecular weight is 376 g/mol. The Morgan fingerprint density at radius 2 is 1.77 bits per heavy atom. The van der Waals surface area contributed by atoms with E-state index in [1.165, 1.54) is 0 Å². The predicted octanol–water partition coefficient (Wildman–Crippen LogP) is 3.09. The minimum atomic E-state index is -3.51. The molecule has 0 N–H and O–H groups in total. The van der Waals surface area contributed by atoms with E-state index in [0.717, 1.165) is 38.8 Å². The first-order chi connectivity index (χ1) is 12.4. The quantitative estimate of drug-likeness (QED) is 0.825. The van der Waals surface area contributed by atoms with Crippen molar-refractivity contribution in [1.29, 1.82) is 0 Å². The number of rotatable bonds is 3.